The number of carbonyl (C=O) groups excluding carboxylic acids is 2. The minimum Gasteiger partial charge on any atom is -0.465 e. The molecule has 0 fully saturated rings. The molecule has 300 valence electrons. The predicted molar refractivity (Wildman–Crippen MR) is 261 cm³/mol. The number of aromatic nitrogens is 2. The largest absolute Gasteiger partial charge is 0.465 e. The summed E-state index contributed by atoms with van der Waals surface area (Å²) < 4.78 is 10.3. The zero-order chi connectivity index (χ0) is 41.6. The lowest BCUT2D eigenvalue weighted by molar-refractivity contribution is 0.0601. The lowest BCUT2D eigenvalue weighted by Crippen LogP contribution is -2.21. The first kappa shape index (κ1) is 46.6. The average molecular weight is 948 g/mol. The highest BCUT2D eigenvalue weighted by Gasteiger charge is 2.29. The summed E-state index contributed by atoms with van der Waals surface area (Å²) in [5.74, 6) is -0.314. The highest BCUT2D eigenvalue weighted by molar-refractivity contribution is 8.73. The van der Waals surface area contributed by atoms with Gasteiger partial charge in [0.15, 0.2) is 0 Å². The lowest BCUT2D eigenvalue weighted by atomic mass is 9.86. The number of methoxy groups -OCH3 is 2. The SMILES string of the molecule is COC(=O)c1cccc(C(=O)OC)c1N(c1cccc(-c2ccc(C(C)(C)C)cc2)n1)c1cccc(-c2ccc(C(C)(C)C)cc2)n1.S=S=S=S=S=S=S=S=S=S. The predicted octanol–water partition coefficient (Wildman–Crippen LogP) is 9.42. The number of pyridine rings is 2. The van der Waals surface area contributed by atoms with Crippen LogP contribution in [0, 0.1) is 0 Å². The lowest BCUT2D eigenvalue weighted by Gasteiger charge is -2.27. The van der Waals surface area contributed by atoms with Crippen LogP contribution in [0.1, 0.15) is 73.4 Å². The van der Waals surface area contributed by atoms with Crippen LogP contribution >= 0.6 is 0 Å². The fraction of sp³-hybridized carbons (Fsp3) is 0.250. The van der Waals surface area contributed by atoms with E-state index in [4.69, 9.17) is 19.4 Å². The van der Waals surface area contributed by atoms with Crippen molar-refractivity contribution in [2.75, 3.05) is 19.1 Å². The molecule has 2 aromatic heterocycles. The molecule has 0 N–H and O–H groups in total. The Hall–Kier alpha value is -3.10. The quantitative estimate of drug-likeness (QED) is 0.148. The summed E-state index contributed by atoms with van der Waals surface area (Å²) >= 11 is 9.31. The van der Waals surface area contributed by atoms with Crippen molar-refractivity contribution in [1.29, 1.82) is 0 Å². The second-order valence-electron chi connectivity index (χ2n) is 14.0. The van der Waals surface area contributed by atoms with Gasteiger partial charge in [0.05, 0.1) is 42.4 Å². The van der Waals surface area contributed by atoms with Crippen LogP contribution in [-0.4, -0.2) is 36.1 Å². The maximum absolute atomic E-state index is 13.2. The molecule has 2 heterocycles. The van der Waals surface area contributed by atoms with Gasteiger partial charge < -0.3 is 9.47 Å². The van der Waals surface area contributed by atoms with Crippen molar-refractivity contribution in [2.24, 2.45) is 0 Å². The van der Waals surface area contributed by atoms with Gasteiger partial charge in [-0.3, -0.25) is 4.90 Å². The summed E-state index contributed by atoms with van der Waals surface area (Å²) in [4.78, 5) is 38.3. The molecule has 0 bridgehead atoms. The van der Waals surface area contributed by atoms with Crippen molar-refractivity contribution in [3.63, 3.8) is 0 Å². The Bertz CT molecular complexity index is 2420. The number of hydrogen-bond donors (Lipinski definition) is 0. The maximum Gasteiger partial charge on any atom is 0.340 e. The molecule has 0 aliphatic rings. The average Bonchev–Trinajstić information content (AvgIpc) is 3.21. The number of anilines is 3. The number of benzene rings is 3. The van der Waals surface area contributed by atoms with Gasteiger partial charge >= 0.3 is 11.9 Å². The molecule has 0 unspecified atom stereocenters. The molecule has 17 heteroatoms. The molecule has 0 aliphatic carbocycles. The van der Waals surface area contributed by atoms with E-state index < -0.39 is 11.9 Å². The molecule has 0 amide bonds. The normalized spacial score (nSPS) is 10.7. The Morgan fingerprint density at radius 3 is 1.21 bits per heavy atom. The van der Waals surface area contributed by atoms with Gasteiger partial charge in [-0.15, -0.1) is 0 Å². The molecule has 0 spiro atoms. The summed E-state index contributed by atoms with van der Waals surface area (Å²) in [6.07, 6.45) is 0. The number of esters is 2. The van der Waals surface area contributed by atoms with Crippen molar-refractivity contribution < 1.29 is 19.1 Å². The number of para-hydroxylation sites is 1. The number of carbonyl (C=O) groups is 2. The van der Waals surface area contributed by atoms with Gasteiger partial charge in [0, 0.05) is 105 Å². The van der Waals surface area contributed by atoms with Crippen LogP contribution in [0.5, 0.6) is 0 Å². The molecule has 7 nitrogen and oxygen atoms in total. The summed E-state index contributed by atoms with van der Waals surface area (Å²) in [5.41, 5.74) is 6.32. The molecule has 3 aromatic carbocycles. The molecule has 57 heavy (non-hydrogen) atoms. The molecule has 5 aromatic rings. The molecule has 0 aliphatic heterocycles. The van der Waals surface area contributed by atoms with Crippen LogP contribution in [0.25, 0.3) is 22.5 Å². The number of rotatable bonds is 7. The molecule has 0 saturated heterocycles. The highest BCUT2D eigenvalue weighted by Crippen LogP contribution is 2.40. The van der Waals surface area contributed by atoms with Crippen LogP contribution in [0.15, 0.2) is 103 Å². The Labute approximate surface area is 367 Å². The number of ether oxygens (including phenoxy) is 2. The van der Waals surface area contributed by atoms with Crippen molar-refractivity contribution >= 4 is 123 Å². The van der Waals surface area contributed by atoms with Crippen LogP contribution in [-0.2, 0) is 114 Å². The van der Waals surface area contributed by atoms with E-state index in [1.54, 1.807) is 76.4 Å². The highest BCUT2D eigenvalue weighted by atomic mass is 33.4. The minimum atomic E-state index is -0.612. The van der Waals surface area contributed by atoms with E-state index in [0.717, 1.165) is 22.5 Å². The molecule has 0 atom stereocenters. The Kier molecular flexibility index (Phi) is 18.2. The summed E-state index contributed by atoms with van der Waals surface area (Å²) in [5, 5.41) is 0. The summed E-state index contributed by atoms with van der Waals surface area (Å²) in [6, 6.07) is 32.8. The topological polar surface area (TPSA) is 81.6 Å². The molecule has 0 radical (unpaired) electrons. The number of hydrogen-bond acceptors (Lipinski definition) is 9. The smallest absolute Gasteiger partial charge is 0.340 e. The Morgan fingerprint density at radius 1 is 0.526 bits per heavy atom. The fourth-order valence-corrected chi connectivity index (χ4v) is 21.9. The van der Waals surface area contributed by atoms with Crippen molar-refractivity contribution in [3.05, 3.63) is 125 Å². The van der Waals surface area contributed by atoms with E-state index in [-0.39, 0.29) is 27.6 Å². The van der Waals surface area contributed by atoms with Gasteiger partial charge in [-0.25, -0.2) is 19.6 Å². The van der Waals surface area contributed by atoms with Crippen molar-refractivity contribution in [2.45, 2.75) is 52.4 Å². The first-order valence-electron chi connectivity index (χ1n) is 17.1. The fourth-order valence-electron chi connectivity index (χ4n) is 5.45. The van der Waals surface area contributed by atoms with E-state index in [2.05, 4.69) is 112 Å². The third kappa shape index (κ3) is 13.2. The van der Waals surface area contributed by atoms with Crippen LogP contribution in [0.4, 0.5) is 17.3 Å². The van der Waals surface area contributed by atoms with E-state index in [1.165, 1.54) is 43.1 Å². The van der Waals surface area contributed by atoms with Crippen molar-refractivity contribution in [3.8, 4) is 22.5 Å². The first-order chi connectivity index (χ1) is 27.2. The van der Waals surface area contributed by atoms with Gasteiger partial charge in [-0.1, -0.05) is 108 Å². The molecule has 0 saturated carbocycles. The molecular weight excluding hydrogens is 907 g/mol. The second-order valence-corrected chi connectivity index (χ2v) is 28.1. The third-order valence-electron chi connectivity index (χ3n) is 8.29. The standard InChI is InChI=1S/C40H41N3O4.S10/c1-39(2,3)28-22-18-26(19-23-28)32-14-10-16-34(41-32)43(36-30(37(44)46-7)12-9-13-31(36)38(45)47-8)35-17-11-15-33(42-35)27-20-24-29(25-21-27)40(4,5)6;1-3-5-7-9-10-8-6-4-2/h9-25H,1-8H3;. The monoisotopic (exact) mass is 947 g/mol. The van der Waals surface area contributed by atoms with Gasteiger partial charge in [0.2, 0.25) is 0 Å². The first-order valence-corrected chi connectivity index (χ1v) is 29.1. The maximum atomic E-state index is 13.2. The summed E-state index contributed by atoms with van der Waals surface area (Å²) in [6.45, 7) is 13.1. The van der Waals surface area contributed by atoms with E-state index >= 15 is 0 Å². The van der Waals surface area contributed by atoms with Gasteiger partial charge in [0.1, 0.15) is 11.6 Å². The third-order valence-corrected chi connectivity index (χ3v) is 23.8. The summed E-state index contributed by atoms with van der Waals surface area (Å²) in [7, 11) is 15.3. The Morgan fingerprint density at radius 2 is 0.877 bits per heavy atom. The molecule has 5 rings (SSSR count). The number of nitrogens with zero attached hydrogens (tertiary/aromatic N) is 3. The van der Waals surface area contributed by atoms with Crippen LogP contribution in [0.3, 0.4) is 0 Å². The zero-order valence-electron chi connectivity index (χ0n) is 32.4. The second kappa shape index (κ2) is 22.3. The van der Waals surface area contributed by atoms with Crippen LogP contribution in [0.2, 0.25) is 0 Å². The van der Waals surface area contributed by atoms with Crippen LogP contribution < -0.4 is 4.90 Å². The van der Waals surface area contributed by atoms with E-state index in [9.17, 15) is 9.59 Å². The van der Waals surface area contributed by atoms with Gasteiger partial charge in [-0.05, 0) is 58.4 Å². The molecular formula is C40H41N3O4S10. The Balaban J connectivity index is 0.000000635. The van der Waals surface area contributed by atoms with E-state index in [0.29, 0.717) is 11.6 Å². The van der Waals surface area contributed by atoms with Gasteiger partial charge in [-0.2, -0.15) is 0 Å². The van der Waals surface area contributed by atoms with Gasteiger partial charge in [0.25, 0.3) is 0 Å². The van der Waals surface area contributed by atoms with Crippen molar-refractivity contribution in [1.82, 2.24) is 9.97 Å². The zero-order valence-corrected chi connectivity index (χ0v) is 40.5. The minimum absolute atomic E-state index is 0.0102. The van der Waals surface area contributed by atoms with E-state index in [1.807, 2.05) is 36.4 Å².